The SMILES string of the molecule is CCCNc1ncc(C)c(NCc2ncn(C)n2)n1. The summed E-state index contributed by atoms with van der Waals surface area (Å²) in [6, 6.07) is 0. The van der Waals surface area contributed by atoms with E-state index in [4.69, 9.17) is 0 Å². The van der Waals surface area contributed by atoms with E-state index in [9.17, 15) is 0 Å². The molecule has 0 fully saturated rings. The molecule has 0 unspecified atom stereocenters. The molecule has 7 heteroatoms. The van der Waals surface area contributed by atoms with Crippen LogP contribution in [0.2, 0.25) is 0 Å². The van der Waals surface area contributed by atoms with Crippen molar-refractivity contribution in [3.63, 3.8) is 0 Å². The molecule has 102 valence electrons. The Labute approximate surface area is 112 Å². The van der Waals surface area contributed by atoms with E-state index in [-0.39, 0.29) is 0 Å². The van der Waals surface area contributed by atoms with Gasteiger partial charge in [0.15, 0.2) is 5.82 Å². The fourth-order valence-electron chi connectivity index (χ4n) is 1.57. The van der Waals surface area contributed by atoms with E-state index in [2.05, 4.69) is 37.6 Å². The summed E-state index contributed by atoms with van der Waals surface area (Å²) in [5, 5.41) is 10.6. The highest BCUT2D eigenvalue weighted by molar-refractivity contribution is 5.46. The highest BCUT2D eigenvalue weighted by Crippen LogP contribution is 2.13. The molecule has 0 atom stereocenters. The minimum absolute atomic E-state index is 0.548. The summed E-state index contributed by atoms with van der Waals surface area (Å²) in [5.74, 6) is 2.19. The minimum Gasteiger partial charge on any atom is -0.362 e. The smallest absolute Gasteiger partial charge is 0.224 e. The third-order valence-electron chi connectivity index (χ3n) is 2.57. The van der Waals surface area contributed by atoms with Gasteiger partial charge in [-0.2, -0.15) is 10.1 Å². The van der Waals surface area contributed by atoms with Gasteiger partial charge in [-0.25, -0.2) is 9.97 Å². The number of anilines is 2. The Hall–Kier alpha value is -2.18. The molecule has 2 heterocycles. The molecule has 0 aliphatic rings. The predicted octanol–water partition coefficient (Wildman–Crippen LogP) is 1.35. The summed E-state index contributed by atoms with van der Waals surface area (Å²) in [7, 11) is 1.85. The maximum Gasteiger partial charge on any atom is 0.224 e. The van der Waals surface area contributed by atoms with Gasteiger partial charge in [0.2, 0.25) is 5.95 Å². The van der Waals surface area contributed by atoms with Crippen molar-refractivity contribution < 1.29 is 0 Å². The van der Waals surface area contributed by atoms with Gasteiger partial charge in [-0.3, -0.25) is 4.68 Å². The van der Waals surface area contributed by atoms with Crippen LogP contribution in [0.1, 0.15) is 24.7 Å². The average Bonchev–Trinajstić information content (AvgIpc) is 2.82. The highest BCUT2D eigenvalue weighted by atomic mass is 15.3. The van der Waals surface area contributed by atoms with Gasteiger partial charge in [0.1, 0.15) is 12.1 Å². The van der Waals surface area contributed by atoms with E-state index < -0.39 is 0 Å². The molecule has 0 spiro atoms. The van der Waals surface area contributed by atoms with Crippen LogP contribution < -0.4 is 10.6 Å². The lowest BCUT2D eigenvalue weighted by Crippen LogP contribution is -2.09. The molecule has 7 nitrogen and oxygen atoms in total. The standard InChI is InChI=1S/C12H19N7/c1-4-5-13-12-15-6-9(2)11(17-12)14-7-10-16-8-19(3)18-10/h6,8H,4-5,7H2,1-3H3,(H2,13,14,15,17). The van der Waals surface area contributed by atoms with Crippen molar-refractivity contribution in [2.24, 2.45) is 7.05 Å². The largest absolute Gasteiger partial charge is 0.362 e. The molecule has 0 aromatic carbocycles. The monoisotopic (exact) mass is 261 g/mol. The lowest BCUT2D eigenvalue weighted by atomic mass is 10.3. The summed E-state index contributed by atoms with van der Waals surface area (Å²) < 4.78 is 1.68. The molecular formula is C12H19N7. The summed E-state index contributed by atoms with van der Waals surface area (Å²) in [4.78, 5) is 12.8. The molecule has 0 bridgehead atoms. The Bertz CT molecular complexity index is 535. The first-order chi connectivity index (χ1) is 9.19. The fourth-order valence-corrected chi connectivity index (χ4v) is 1.57. The first-order valence-corrected chi connectivity index (χ1v) is 6.35. The average molecular weight is 261 g/mol. The summed E-state index contributed by atoms with van der Waals surface area (Å²) in [6.07, 6.45) is 4.52. The summed E-state index contributed by atoms with van der Waals surface area (Å²) in [6.45, 7) is 5.49. The van der Waals surface area contributed by atoms with Crippen LogP contribution in [0.4, 0.5) is 11.8 Å². The highest BCUT2D eigenvalue weighted by Gasteiger charge is 2.05. The van der Waals surface area contributed by atoms with Crippen LogP contribution in [0.15, 0.2) is 12.5 Å². The number of aromatic nitrogens is 5. The van der Waals surface area contributed by atoms with E-state index in [0.717, 1.165) is 30.2 Å². The molecule has 0 aliphatic carbocycles. The predicted molar refractivity (Wildman–Crippen MR) is 73.9 cm³/mol. The third kappa shape index (κ3) is 3.64. The lowest BCUT2D eigenvalue weighted by Gasteiger charge is -2.09. The normalized spacial score (nSPS) is 10.5. The first kappa shape index (κ1) is 13.3. The van der Waals surface area contributed by atoms with Gasteiger partial charge in [0.05, 0.1) is 6.54 Å². The number of hydrogen-bond acceptors (Lipinski definition) is 6. The van der Waals surface area contributed by atoms with Gasteiger partial charge in [0.25, 0.3) is 0 Å². The second-order valence-electron chi connectivity index (χ2n) is 4.34. The maximum atomic E-state index is 4.44. The van der Waals surface area contributed by atoms with Crippen LogP contribution in [0, 0.1) is 6.92 Å². The molecular weight excluding hydrogens is 242 g/mol. The van der Waals surface area contributed by atoms with Crippen LogP contribution in [-0.4, -0.2) is 31.3 Å². The third-order valence-corrected chi connectivity index (χ3v) is 2.57. The molecule has 2 aromatic heterocycles. The topological polar surface area (TPSA) is 80.5 Å². The molecule has 2 aromatic rings. The number of aryl methyl sites for hydroxylation is 2. The van der Waals surface area contributed by atoms with Crippen LogP contribution in [0.5, 0.6) is 0 Å². The Morgan fingerprint density at radius 3 is 2.79 bits per heavy atom. The zero-order valence-corrected chi connectivity index (χ0v) is 11.5. The molecule has 19 heavy (non-hydrogen) atoms. The first-order valence-electron chi connectivity index (χ1n) is 6.35. The van der Waals surface area contributed by atoms with Crippen molar-refractivity contribution >= 4 is 11.8 Å². The van der Waals surface area contributed by atoms with Crippen molar-refractivity contribution in [2.75, 3.05) is 17.2 Å². The quantitative estimate of drug-likeness (QED) is 0.817. The molecule has 0 saturated carbocycles. The zero-order chi connectivity index (χ0) is 13.7. The zero-order valence-electron chi connectivity index (χ0n) is 11.5. The van der Waals surface area contributed by atoms with E-state index >= 15 is 0 Å². The Kier molecular flexibility index (Phi) is 4.27. The van der Waals surface area contributed by atoms with Gasteiger partial charge < -0.3 is 10.6 Å². The van der Waals surface area contributed by atoms with Gasteiger partial charge in [0, 0.05) is 25.4 Å². The van der Waals surface area contributed by atoms with Crippen LogP contribution in [0.3, 0.4) is 0 Å². The van der Waals surface area contributed by atoms with E-state index in [0.29, 0.717) is 12.5 Å². The van der Waals surface area contributed by atoms with Gasteiger partial charge in [-0.1, -0.05) is 6.92 Å². The van der Waals surface area contributed by atoms with E-state index in [1.165, 1.54) is 0 Å². The Balaban J connectivity index is 2.02. The number of nitrogens with one attached hydrogen (secondary N) is 2. The molecule has 0 amide bonds. The van der Waals surface area contributed by atoms with Crippen molar-refractivity contribution in [1.29, 1.82) is 0 Å². The summed E-state index contributed by atoms with van der Waals surface area (Å²) >= 11 is 0. The van der Waals surface area contributed by atoms with E-state index in [1.807, 2.05) is 14.0 Å². The second-order valence-corrected chi connectivity index (χ2v) is 4.34. The van der Waals surface area contributed by atoms with Gasteiger partial charge in [-0.05, 0) is 13.3 Å². The van der Waals surface area contributed by atoms with Crippen LogP contribution in [-0.2, 0) is 13.6 Å². The molecule has 0 saturated heterocycles. The number of hydrogen-bond donors (Lipinski definition) is 2. The van der Waals surface area contributed by atoms with Crippen molar-refractivity contribution in [1.82, 2.24) is 24.7 Å². The van der Waals surface area contributed by atoms with Crippen molar-refractivity contribution in [3.05, 3.63) is 23.9 Å². The number of nitrogens with zero attached hydrogens (tertiary/aromatic N) is 5. The lowest BCUT2D eigenvalue weighted by molar-refractivity contribution is 0.746. The van der Waals surface area contributed by atoms with Gasteiger partial charge in [-0.15, -0.1) is 0 Å². The molecule has 0 aliphatic heterocycles. The molecule has 0 radical (unpaired) electrons. The summed E-state index contributed by atoms with van der Waals surface area (Å²) in [5.41, 5.74) is 0.998. The van der Waals surface area contributed by atoms with Gasteiger partial charge >= 0.3 is 0 Å². The van der Waals surface area contributed by atoms with Crippen molar-refractivity contribution in [2.45, 2.75) is 26.8 Å². The number of rotatable bonds is 6. The fraction of sp³-hybridized carbons (Fsp3) is 0.500. The Morgan fingerprint density at radius 2 is 2.11 bits per heavy atom. The minimum atomic E-state index is 0.548. The molecule has 2 N–H and O–H groups in total. The molecule has 2 rings (SSSR count). The van der Waals surface area contributed by atoms with Crippen LogP contribution >= 0.6 is 0 Å². The van der Waals surface area contributed by atoms with Crippen LogP contribution in [0.25, 0.3) is 0 Å². The van der Waals surface area contributed by atoms with Crippen molar-refractivity contribution in [3.8, 4) is 0 Å². The van der Waals surface area contributed by atoms with E-state index in [1.54, 1.807) is 17.2 Å². The Morgan fingerprint density at radius 1 is 1.26 bits per heavy atom. The maximum absolute atomic E-state index is 4.44. The second kappa shape index (κ2) is 6.12.